The molecule has 0 spiro atoms. The standard InChI is InChI=1S/C9H18O.C2H6/c1-7-3-5-8(2)9(10)6-4-7;1-2/h7-10H,3-6H2,1-2H3;1-2H3/t7-,8?,9?;/m1./s1. The van der Waals surface area contributed by atoms with Gasteiger partial charge in [0.1, 0.15) is 0 Å². The summed E-state index contributed by atoms with van der Waals surface area (Å²) in [5.74, 6) is 1.37. The summed E-state index contributed by atoms with van der Waals surface area (Å²) in [5, 5.41) is 9.48. The Kier molecular flexibility index (Phi) is 6.45. The van der Waals surface area contributed by atoms with Crippen LogP contribution in [0.4, 0.5) is 0 Å². The molecule has 1 aliphatic rings. The molecule has 2 unspecified atom stereocenters. The Morgan fingerprint density at radius 1 is 0.917 bits per heavy atom. The Bertz CT molecular complexity index is 89.2. The molecule has 1 saturated carbocycles. The van der Waals surface area contributed by atoms with Gasteiger partial charge < -0.3 is 5.11 Å². The maximum atomic E-state index is 9.48. The first kappa shape index (κ1) is 12.0. The lowest BCUT2D eigenvalue weighted by Crippen LogP contribution is -2.14. The summed E-state index contributed by atoms with van der Waals surface area (Å²) < 4.78 is 0. The van der Waals surface area contributed by atoms with Crippen molar-refractivity contribution in [3.63, 3.8) is 0 Å². The van der Waals surface area contributed by atoms with Crippen molar-refractivity contribution in [3.05, 3.63) is 0 Å². The molecule has 0 saturated heterocycles. The van der Waals surface area contributed by atoms with Crippen LogP contribution in [0.1, 0.15) is 53.4 Å². The number of aliphatic hydroxyl groups excluding tert-OH is 1. The van der Waals surface area contributed by atoms with Crippen LogP contribution < -0.4 is 0 Å². The molecule has 0 heterocycles. The predicted octanol–water partition coefficient (Wildman–Crippen LogP) is 3.22. The summed E-state index contributed by atoms with van der Waals surface area (Å²) in [6.45, 7) is 8.44. The van der Waals surface area contributed by atoms with Crippen molar-refractivity contribution in [1.82, 2.24) is 0 Å². The highest BCUT2D eigenvalue weighted by atomic mass is 16.3. The van der Waals surface area contributed by atoms with E-state index in [-0.39, 0.29) is 6.10 Å². The van der Waals surface area contributed by atoms with Gasteiger partial charge in [0.2, 0.25) is 0 Å². The first-order valence-electron chi connectivity index (χ1n) is 5.38. The van der Waals surface area contributed by atoms with Crippen molar-refractivity contribution in [1.29, 1.82) is 0 Å². The monoisotopic (exact) mass is 172 g/mol. The van der Waals surface area contributed by atoms with E-state index in [2.05, 4.69) is 13.8 Å². The molecule has 1 heteroatoms. The van der Waals surface area contributed by atoms with Crippen LogP contribution in [0.3, 0.4) is 0 Å². The molecule has 1 nitrogen and oxygen atoms in total. The molecule has 0 aliphatic heterocycles. The quantitative estimate of drug-likeness (QED) is 0.556. The zero-order chi connectivity index (χ0) is 9.56. The molecular formula is C11H24O. The highest BCUT2D eigenvalue weighted by molar-refractivity contribution is 4.71. The van der Waals surface area contributed by atoms with Crippen LogP contribution in [0.5, 0.6) is 0 Å². The number of aliphatic hydroxyl groups is 1. The second kappa shape index (κ2) is 6.47. The lowest BCUT2D eigenvalue weighted by molar-refractivity contribution is 0.109. The lowest BCUT2D eigenvalue weighted by Gasteiger charge is -2.13. The van der Waals surface area contributed by atoms with Gasteiger partial charge in [-0.1, -0.05) is 34.1 Å². The summed E-state index contributed by atoms with van der Waals surface area (Å²) in [5.41, 5.74) is 0. The van der Waals surface area contributed by atoms with E-state index in [1.54, 1.807) is 0 Å². The van der Waals surface area contributed by atoms with Crippen LogP contribution in [0.15, 0.2) is 0 Å². The van der Waals surface area contributed by atoms with Gasteiger partial charge in [0, 0.05) is 0 Å². The minimum absolute atomic E-state index is 0.0232. The largest absolute Gasteiger partial charge is 0.393 e. The van der Waals surface area contributed by atoms with E-state index >= 15 is 0 Å². The summed E-state index contributed by atoms with van der Waals surface area (Å²) in [7, 11) is 0. The molecule has 74 valence electrons. The summed E-state index contributed by atoms with van der Waals surface area (Å²) >= 11 is 0. The molecule has 1 rings (SSSR count). The van der Waals surface area contributed by atoms with Crippen LogP contribution in [0, 0.1) is 11.8 Å². The molecule has 12 heavy (non-hydrogen) atoms. The topological polar surface area (TPSA) is 20.2 Å². The third-order valence-corrected chi connectivity index (χ3v) is 2.73. The molecule has 0 aromatic rings. The SMILES string of the molecule is CC.CC1CC[C@@H](C)CCC1O. The van der Waals surface area contributed by atoms with Gasteiger partial charge in [-0.15, -0.1) is 0 Å². The van der Waals surface area contributed by atoms with Crippen molar-refractivity contribution >= 4 is 0 Å². The average Bonchev–Trinajstić information content (AvgIpc) is 2.24. The molecule has 1 fully saturated rings. The second-order valence-electron chi connectivity index (χ2n) is 3.80. The average molecular weight is 172 g/mol. The van der Waals surface area contributed by atoms with Gasteiger partial charge in [0.05, 0.1) is 6.10 Å². The Hall–Kier alpha value is -0.0400. The Balaban J connectivity index is 0.000000561. The molecule has 0 bridgehead atoms. The van der Waals surface area contributed by atoms with Gasteiger partial charge in [0.25, 0.3) is 0 Å². The van der Waals surface area contributed by atoms with Crippen LogP contribution >= 0.6 is 0 Å². The summed E-state index contributed by atoms with van der Waals surface area (Å²) in [6.07, 6.45) is 4.72. The molecule has 1 aliphatic carbocycles. The summed E-state index contributed by atoms with van der Waals surface area (Å²) in [4.78, 5) is 0. The van der Waals surface area contributed by atoms with Gasteiger partial charge in [-0.25, -0.2) is 0 Å². The number of rotatable bonds is 0. The third-order valence-electron chi connectivity index (χ3n) is 2.73. The van der Waals surface area contributed by atoms with Crippen molar-refractivity contribution < 1.29 is 5.11 Å². The molecule has 1 N–H and O–H groups in total. The normalized spacial score (nSPS) is 36.2. The first-order valence-corrected chi connectivity index (χ1v) is 5.38. The van der Waals surface area contributed by atoms with E-state index in [0.29, 0.717) is 5.92 Å². The lowest BCUT2D eigenvalue weighted by atomic mass is 10.00. The van der Waals surface area contributed by atoms with Gasteiger partial charge in [-0.2, -0.15) is 0 Å². The number of hydrogen-bond acceptors (Lipinski definition) is 1. The third kappa shape index (κ3) is 4.10. The highest BCUT2D eigenvalue weighted by Gasteiger charge is 2.19. The Morgan fingerprint density at radius 2 is 1.42 bits per heavy atom. The zero-order valence-corrected chi connectivity index (χ0v) is 9.01. The van der Waals surface area contributed by atoms with Crippen molar-refractivity contribution in [2.24, 2.45) is 11.8 Å². The fraction of sp³-hybridized carbons (Fsp3) is 1.00. The van der Waals surface area contributed by atoms with Crippen molar-refractivity contribution in [3.8, 4) is 0 Å². The molecular weight excluding hydrogens is 148 g/mol. The van der Waals surface area contributed by atoms with Gasteiger partial charge in [-0.3, -0.25) is 0 Å². The van der Waals surface area contributed by atoms with Crippen molar-refractivity contribution in [2.75, 3.05) is 0 Å². The van der Waals surface area contributed by atoms with E-state index in [1.165, 1.54) is 19.3 Å². The van der Waals surface area contributed by atoms with Crippen LogP contribution in [0.2, 0.25) is 0 Å². The minimum atomic E-state index is -0.0232. The van der Waals surface area contributed by atoms with E-state index in [9.17, 15) is 5.11 Å². The smallest absolute Gasteiger partial charge is 0.0565 e. The van der Waals surface area contributed by atoms with E-state index < -0.39 is 0 Å². The maximum Gasteiger partial charge on any atom is 0.0565 e. The van der Waals surface area contributed by atoms with Crippen LogP contribution in [-0.4, -0.2) is 11.2 Å². The van der Waals surface area contributed by atoms with Gasteiger partial charge >= 0.3 is 0 Å². The Morgan fingerprint density at radius 3 is 2.00 bits per heavy atom. The fourth-order valence-electron chi connectivity index (χ4n) is 1.62. The fourth-order valence-corrected chi connectivity index (χ4v) is 1.62. The molecule has 0 amide bonds. The number of hydrogen-bond donors (Lipinski definition) is 1. The Labute approximate surface area is 77.2 Å². The molecule has 3 atom stereocenters. The molecule has 0 radical (unpaired) electrons. The van der Waals surface area contributed by atoms with E-state index in [1.807, 2.05) is 13.8 Å². The van der Waals surface area contributed by atoms with Gasteiger partial charge in [0.15, 0.2) is 0 Å². The van der Waals surface area contributed by atoms with Crippen LogP contribution in [-0.2, 0) is 0 Å². The highest BCUT2D eigenvalue weighted by Crippen LogP contribution is 2.26. The van der Waals surface area contributed by atoms with E-state index in [0.717, 1.165) is 12.3 Å². The first-order chi connectivity index (χ1) is 5.70. The van der Waals surface area contributed by atoms with E-state index in [4.69, 9.17) is 0 Å². The van der Waals surface area contributed by atoms with Gasteiger partial charge in [-0.05, 0) is 31.1 Å². The molecule has 0 aromatic heterocycles. The van der Waals surface area contributed by atoms with Crippen molar-refractivity contribution in [2.45, 2.75) is 59.5 Å². The zero-order valence-electron chi connectivity index (χ0n) is 9.01. The second-order valence-corrected chi connectivity index (χ2v) is 3.80. The maximum absolute atomic E-state index is 9.48. The predicted molar refractivity (Wildman–Crippen MR) is 54.2 cm³/mol. The molecule has 0 aromatic carbocycles. The minimum Gasteiger partial charge on any atom is -0.393 e. The van der Waals surface area contributed by atoms with Crippen LogP contribution in [0.25, 0.3) is 0 Å². The summed E-state index contributed by atoms with van der Waals surface area (Å²) in [6, 6.07) is 0.